The van der Waals surface area contributed by atoms with Gasteiger partial charge in [0, 0.05) is 37.8 Å². The fourth-order valence-corrected chi connectivity index (χ4v) is 3.31. The number of fused-ring (bicyclic) bond motifs is 1. The van der Waals surface area contributed by atoms with Crippen molar-refractivity contribution in [2.24, 2.45) is 0 Å². The molecule has 0 radical (unpaired) electrons. The summed E-state index contributed by atoms with van der Waals surface area (Å²) in [6, 6.07) is 8.91. The Hall–Kier alpha value is -1.39. The molecule has 4 heteroatoms. The third-order valence-electron chi connectivity index (χ3n) is 4.72. The van der Waals surface area contributed by atoms with Gasteiger partial charge < -0.3 is 10.0 Å². The first kappa shape index (κ1) is 15.5. The van der Waals surface area contributed by atoms with Gasteiger partial charge in [0.25, 0.3) is 0 Å². The van der Waals surface area contributed by atoms with Gasteiger partial charge in [0.05, 0.1) is 0 Å². The molecule has 1 aromatic carbocycles. The van der Waals surface area contributed by atoms with Crippen LogP contribution < -0.4 is 4.90 Å². The molecule has 0 atom stereocenters. The lowest BCUT2D eigenvalue weighted by Crippen LogP contribution is -2.35. The number of anilines is 1. The van der Waals surface area contributed by atoms with Gasteiger partial charge in [-0.05, 0) is 50.3 Å². The molecule has 0 aromatic heterocycles. The quantitative estimate of drug-likeness (QED) is 0.749. The Bertz CT molecular complexity index is 514. The van der Waals surface area contributed by atoms with Crippen LogP contribution in [0.5, 0.6) is 0 Å². The molecule has 1 fully saturated rings. The van der Waals surface area contributed by atoms with Crippen LogP contribution in [0.3, 0.4) is 0 Å². The van der Waals surface area contributed by atoms with E-state index in [2.05, 4.69) is 17.0 Å². The van der Waals surface area contributed by atoms with Crippen molar-refractivity contribution in [3.63, 3.8) is 0 Å². The van der Waals surface area contributed by atoms with E-state index in [4.69, 9.17) is 5.11 Å². The summed E-state index contributed by atoms with van der Waals surface area (Å²) in [7, 11) is 0. The van der Waals surface area contributed by atoms with Crippen LogP contribution in [0.4, 0.5) is 5.69 Å². The minimum atomic E-state index is 0.248. The monoisotopic (exact) mass is 302 g/mol. The molecule has 0 unspecified atom stereocenters. The molecule has 3 rings (SSSR count). The summed E-state index contributed by atoms with van der Waals surface area (Å²) in [5, 5.41) is 8.91. The normalized spacial score (nSPS) is 17.1. The number of aliphatic hydroxyl groups excluding tert-OH is 1. The average molecular weight is 302 g/mol. The largest absolute Gasteiger partial charge is 0.396 e. The van der Waals surface area contributed by atoms with E-state index in [0.29, 0.717) is 12.5 Å². The third kappa shape index (κ3) is 3.68. The molecule has 120 valence electrons. The maximum Gasteiger partial charge on any atom is 0.228 e. The molecule has 1 aromatic rings. The maximum absolute atomic E-state index is 12.5. The molecule has 1 saturated carbocycles. The van der Waals surface area contributed by atoms with Gasteiger partial charge in [-0.2, -0.15) is 0 Å². The Morgan fingerprint density at radius 2 is 2.05 bits per heavy atom. The highest BCUT2D eigenvalue weighted by Crippen LogP contribution is 2.29. The lowest BCUT2D eigenvalue weighted by atomic mass is 10.2. The van der Waals surface area contributed by atoms with Crippen LogP contribution in [0.15, 0.2) is 24.3 Å². The molecule has 0 saturated heterocycles. The van der Waals surface area contributed by atoms with E-state index in [9.17, 15) is 4.79 Å². The number of aliphatic hydroxyl groups is 1. The van der Waals surface area contributed by atoms with Gasteiger partial charge >= 0.3 is 0 Å². The van der Waals surface area contributed by atoms with E-state index >= 15 is 0 Å². The number of amides is 1. The highest BCUT2D eigenvalue weighted by atomic mass is 16.2. The zero-order valence-corrected chi connectivity index (χ0v) is 13.2. The zero-order valence-electron chi connectivity index (χ0n) is 13.2. The van der Waals surface area contributed by atoms with Crippen LogP contribution in [0.25, 0.3) is 0 Å². The molecule has 1 amide bonds. The molecule has 22 heavy (non-hydrogen) atoms. The number of carbonyl (C=O) groups excluding carboxylic acids is 1. The number of carbonyl (C=O) groups is 1. The molecule has 1 aliphatic carbocycles. The standard InChI is InChI=1S/C18H26N2O2/c21-14-4-3-11-19(16-7-8-16)12-10-18(22)20-13-9-15-5-1-2-6-17(15)20/h1-2,5-6,16,21H,3-4,7-14H2. The first-order valence-electron chi connectivity index (χ1n) is 8.53. The molecule has 1 N–H and O–H groups in total. The summed E-state index contributed by atoms with van der Waals surface area (Å²) >= 11 is 0. The highest BCUT2D eigenvalue weighted by Gasteiger charge is 2.30. The second-order valence-corrected chi connectivity index (χ2v) is 6.37. The predicted octanol–water partition coefficient (Wildman–Crippen LogP) is 2.20. The number of hydrogen-bond donors (Lipinski definition) is 1. The van der Waals surface area contributed by atoms with E-state index in [1.807, 2.05) is 17.0 Å². The van der Waals surface area contributed by atoms with E-state index in [-0.39, 0.29) is 12.5 Å². The number of unbranched alkanes of at least 4 members (excludes halogenated alkanes) is 1. The summed E-state index contributed by atoms with van der Waals surface area (Å²) in [5.74, 6) is 0.248. The van der Waals surface area contributed by atoms with E-state index < -0.39 is 0 Å². The van der Waals surface area contributed by atoms with Gasteiger partial charge in [-0.25, -0.2) is 0 Å². The van der Waals surface area contributed by atoms with Crippen molar-refractivity contribution in [1.82, 2.24) is 4.90 Å². The summed E-state index contributed by atoms with van der Waals surface area (Å²) in [6.45, 7) is 2.96. The van der Waals surface area contributed by atoms with Crippen molar-refractivity contribution < 1.29 is 9.90 Å². The Labute approximate surface area is 132 Å². The van der Waals surface area contributed by atoms with Crippen molar-refractivity contribution in [2.45, 2.75) is 44.6 Å². The lowest BCUT2D eigenvalue weighted by molar-refractivity contribution is -0.118. The van der Waals surface area contributed by atoms with Gasteiger partial charge in [0.15, 0.2) is 0 Å². The van der Waals surface area contributed by atoms with Crippen molar-refractivity contribution in [1.29, 1.82) is 0 Å². The smallest absolute Gasteiger partial charge is 0.228 e. The third-order valence-corrected chi connectivity index (χ3v) is 4.72. The Kier molecular flexibility index (Phi) is 5.11. The van der Waals surface area contributed by atoms with Crippen LogP contribution in [-0.4, -0.2) is 48.2 Å². The number of rotatable bonds is 8. The van der Waals surface area contributed by atoms with Gasteiger partial charge in [-0.15, -0.1) is 0 Å². The van der Waals surface area contributed by atoms with E-state index in [1.54, 1.807) is 0 Å². The number of para-hydroxylation sites is 1. The molecular weight excluding hydrogens is 276 g/mol. The SMILES string of the molecule is O=C(CCN(CCCCO)C1CC1)N1CCc2ccccc21. The number of hydrogen-bond acceptors (Lipinski definition) is 3. The zero-order chi connectivity index (χ0) is 15.4. The highest BCUT2D eigenvalue weighted by molar-refractivity contribution is 5.95. The fourth-order valence-electron chi connectivity index (χ4n) is 3.31. The Morgan fingerprint density at radius 3 is 2.82 bits per heavy atom. The maximum atomic E-state index is 12.5. The van der Waals surface area contributed by atoms with Crippen molar-refractivity contribution in [2.75, 3.05) is 31.1 Å². The summed E-state index contributed by atoms with van der Waals surface area (Å²) < 4.78 is 0. The molecule has 1 aliphatic heterocycles. The van der Waals surface area contributed by atoms with Gasteiger partial charge in [0.1, 0.15) is 0 Å². The van der Waals surface area contributed by atoms with E-state index in [1.165, 1.54) is 18.4 Å². The molecule has 2 aliphatic rings. The molecule has 4 nitrogen and oxygen atoms in total. The molecule has 1 heterocycles. The Morgan fingerprint density at radius 1 is 1.23 bits per heavy atom. The summed E-state index contributed by atoms with van der Waals surface area (Å²) in [6.07, 6.45) is 5.98. The lowest BCUT2D eigenvalue weighted by Gasteiger charge is -2.23. The molecular formula is C18H26N2O2. The minimum absolute atomic E-state index is 0.248. The molecule has 0 spiro atoms. The van der Waals surface area contributed by atoms with Crippen LogP contribution in [-0.2, 0) is 11.2 Å². The number of benzene rings is 1. The van der Waals surface area contributed by atoms with Crippen LogP contribution >= 0.6 is 0 Å². The second kappa shape index (κ2) is 7.25. The first-order valence-corrected chi connectivity index (χ1v) is 8.53. The first-order chi connectivity index (χ1) is 10.8. The second-order valence-electron chi connectivity index (χ2n) is 6.37. The van der Waals surface area contributed by atoms with Gasteiger partial charge in [0.2, 0.25) is 5.91 Å². The van der Waals surface area contributed by atoms with Crippen molar-refractivity contribution >= 4 is 11.6 Å². The van der Waals surface area contributed by atoms with Gasteiger partial charge in [-0.1, -0.05) is 18.2 Å². The van der Waals surface area contributed by atoms with Crippen molar-refractivity contribution in [3.8, 4) is 0 Å². The van der Waals surface area contributed by atoms with Crippen LogP contribution in [0.1, 0.15) is 37.7 Å². The Balaban J connectivity index is 1.51. The topological polar surface area (TPSA) is 43.8 Å². The number of nitrogens with zero attached hydrogens (tertiary/aromatic N) is 2. The summed E-state index contributed by atoms with van der Waals surface area (Å²) in [5.41, 5.74) is 2.39. The summed E-state index contributed by atoms with van der Waals surface area (Å²) in [4.78, 5) is 16.9. The average Bonchev–Trinajstić information content (AvgIpc) is 3.29. The fraction of sp³-hybridized carbons (Fsp3) is 0.611. The van der Waals surface area contributed by atoms with Crippen LogP contribution in [0.2, 0.25) is 0 Å². The predicted molar refractivity (Wildman–Crippen MR) is 88.0 cm³/mol. The van der Waals surface area contributed by atoms with Gasteiger partial charge in [-0.3, -0.25) is 9.69 Å². The minimum Gasteiger partial charge on any atom is -0.396 e. The molecule has 0 bridgehead atoms. The van der Waals surface area contributed by atoms with E-state index in [0.717, 1.165) is 44.6 Å². The van der Waals surface area contributed by atoms with Crippen molar-refractivity contribution in [3.05, 3.63) is 29.8 Å². The van der Waals surface area contributed by atoms with Crippen LogP contribution in [0, 0.1) is 0 Å².